The zero-order valence-electron chi connectivity index (χ0n) is 33.8. The lowest BCUT2D eigenvalue weighted by Crippen LogP contribution is -2.54. The molecule has 6 aliphatic heterocycles. The van der Waals surface area contributed by atoms with E-state index >= 15 is 0 Å². The van der Waals surface area contributed by atoms with Gasteiger partial charge in [0.2, 0.25) is 11.8 Å². The molecule has 5 fully saturated rings. The topological polar surface area (TPSA) is 198 Å². The number of piperidine rings is 3. The molecule has 60 heavy (non-hydrogen) atoms. The maximum Gasteiger partial charge on any atom is 0.320 e. The van der Waals surface area contributed by atoms with Crippen LogP contribution in [0.1, 0.15) is 87.6 Å². The van der Waals surface area contributed by atoms with Crippen LogP contribution in [0, 0.1) is 5.92 Å². The van der Waals surface area contributed by atoms with Gasteiger partial charge in [-0.2, -0.15) is 0 Å². The second-order valence-corrected chi connectivity index (χ2v) is 17.0. The van der Waals surface area contributed by atoms with Crippen LogP contribution in [0.2, 0.25) is 0 Å². The van der Waals surface area contributed by atoms with E-state index in [0.717, 1.165) is 101 Å². The molecule has 17 nitrogen and oxygen atoms in total. The average Bonchev–Trinajstić information content (AvgIpc) is 3.93. The molecule has 7 heterocycles. The highest BCUT2D eigenvalue weighted by atomic mass is 16.2. The normalized spacial score (nSPS) is 24.1. The molecule has 17 heteroatoms. The number of nitrogens with two attached hydrogens (primary N) is 1. The van der Waals surface area contributed by atoms with E-state index in [1.165, 1.54) is 5.56 Å². The number of urea groups is 1. The largest absolute Gasteiger partial charge is 0.371 e. The minimum absolute atomic E-state index is 0.0595. The summed E-state index contributed by atoms with van der Waals surface area (Å²) in [5.74, 6) is -0.795. The van der Waals surface area contributed by atoms with Crippen molar-refractivity contribution in [2.45, 2.75) is 62.9 Å². The van der Waals surface area contributed by atoms with Gasteiger partial charge in [-0.3, -0.25) is 34.2 Å². The van der Waals surface area contributed by atoms with Crippen molar-refractivity contribution in [3.05, 3.63) is 71.0 Å². The van der Waals surface area contributed by atoms with Gasteiger partial charge in [0.15, 0.2) is 11.5 Å². The van der Waals surface area contributed by atoms with Crippen LogP contribution < -0.4 is 26.2 Å². The van der Waals surface area contributed by atoms with Crippen molar-refractivity contribution in [2.75, 3.05) is 81.1 Å². The highest BCUT2D eigenvalue weighted by Gasteiger charge is 2.45. The van der Waals surface area contributed by atoms with Crippen LogP contribution >= 0.6 is 0 Å². The van der Waals surface area contributed by atoms with E-state index in [4.69, 9.17) is 10.7 Å². The van der Waals surface area contributed by atoms with Crippen molar-refractivity contribution >= 4 is 58.6 Å². The van der Waals surface area contributed by atoms with E-state index in [2.05, 4.69) is 42.5 Å². The number of nitrogens with one attached hydrogen (secondary N) is 2. The number of hydrogen-bond acceptors (Lipinski definition) is 12. The Hall–Kier alpha value is -6.10. The average molecular weight is 818 g/mol. The molecule has 3 unspecified atom stereocenters. The second-order valence-electron chi connectivity index (χ2n) is 17.0. The Labute approximate surface area is 348 Å². The number of likely N-dealkylation sites (N-methyl/N-ethyl adjacent to an activating group) is 1. The number of primary amides is 1. The number of imide groups is 2. The lowest BCUT2D eigenvalue weighted by molar-refractivity contribution is -0.136. The third kappa shape index (κ3) is 7.61. The number of benzene rings is 2. The van der Waals surface area contributed by atoms with Gasteiger partial charge in [-0.25, -0.2) is 14.8 Å². The maximum atomic E-state index is 13.4. The van der Waals surface area contributed by atoms with Crippen LogP contribution in [0.15, 0.2) is 48.7 Å². The number of hydrogen-bond donors (Lipinski definition) is 3. The Bertz CT molecular complexity index is 2230. The van der Waals surface area contributed by atoms with E-state index in [1.54, 1.807) is 23.2 Å². The van der Waals surface area contributed by atoms with Gasteiger partial charge >= 0.3 is 6.03 Å². The maximum absolute atomic E-state index is 13.4. The van der Waals surface area contributed by atoms with E-state index in [9.17, 15) is 28.8 Å². The van der Waals surface area contributed by atoms with E-state index in [1.807, 2.05) is 30.1 Å². The zero-order valence-corrected chi connectivity index (χ0v) is 33.8. The van der Waals surface area contributed by atoms with Gasteiger partial charge in [-0.05, 0) is 99.3 Å². The molecule has 1 aromatic heterocycles. The van der Waals surface area contributed by atoms with E-state index in [-0.39, 0.29) is 30.6 Å². The predicted octanol–water partition coefficient (Wildman–Crippen LogP) is 2.76. The fraction of sp³-hybridized carbons (Fsp3) is 0.488. The summed E-state index contributed by atoms with van der Waals surface area (Å²) in [6.45, 7) is 7.57. The zero-order chi connectivity index (χ0) is 41.7. The lowest BCUT2D eigenvalue weighted by Gasteiger charge is -2.37. The van der Waals surface area contributed by atoms with E-state index in [0.29, 0.717) is 41.1 Å². The van der Waals surface area contributed by atoms with Crippen molar-refractivity contribution in [1.82, 2.24) is 34.9 Å². The molecule has 3 aromatic rings. The third-order valence-corrected chi connectivity index (χ3v) is 13.2. The van der Waals surface area contributed by atoms with Crippen molar-refractivity contribution < 1.29 is 28.8 Å². The first-order valence-electron chi connectivity index (χ1n) is 21.1. The number of rotatable bonds is 10. The predicted molar refractivity (Wildman–Crippen MR) is 222 cm³/mol. The van der Waals surface area contributed by atoms with Crippen molar-refractivity contribution in [3.8, 4) is 0 Å². The molecule has 0 bridgehead atoms. The van der Waals surface area contributed by atoms with Crippen molar-refractivity contribution in [1.29, 1.82) is 0 Å². The summed E-state index contributed by atoms with van der Waals surface area (Å²) in [7, 11) is 1.83. The molecular weight excluding hydrogens is 767 g/mol. The Morgan fingerprint density at radius 3 is 2.37 bits per heavy atom. The van der Waals surface area contributed by atoms with Crippen LogP contribution in [-0.4, -0.2) is 143 Å². The Balaban J connectivity index is 0.771. The van der Waals surface area contributed by atoms with Gasteiger partial charge in [0.05, 0.1) is 23.4 Å². The smallest absolute Gasteiger partial charge is 0.320 e. The first-order valence-corrected chi connectivity index (χ1v) is 21.1. The first kappa shape index (κ1) is 39.4. The summed E-state index contributed by atoms with van der Waals surface area (Å²) >= 11 is 0. The highest BCUT2D eigenvalue weighted by molar-refractivity contribution is 6.23. The summed E-state index contributed by atoms with van der Waals surface area (Å²) < 4.78 is 0. The Morgan fingerprint density at radius 2 is 1.63 bits per heavy atom. The molecule has 3 atom stereocenters. The number of likely N-dealkylation sites (tertiary alicyclic amines) is 1. The SMILES string of the molecule is CN1CCN(C2CCCN(c3cnc(C(N)=O)c(Nc4ccc(C5CCN(CC6CCN(c7ccc8c(c7)C(=O)N(C7CCC(=O)NC7=O)C8=O)C6)CC5)cc4)n3)C2)C1=O. The van der Waals surface area contributed by atoms with Crippen LogP contribution in [-0.2, 0) is 9.59 Å². The second kappa shape index (κ2) is 16.2. The quantitative estimate of drug-likeness (QED) is 0.254. The number of aromatic nitrogens is 2. The summed E-state index contributed by atoms with van der Waals surface area (Å²) in [5.41, 5.74) is 9.33. The number of carbonyl (C=O) groups is 6. The van der Waals surface area contributed by atoms with Gasteiger partial charge in [0.1, 0.15) is 11.9 Å². The van der Waals surface area contributed by atoms with Crippen molar-refractivity contribution in [2.24, 2.45) is 11.7 Å². The van der Waals surface area contributed by atoms with Gasteiger partial charge in [-0.1, -0.05) is 12.1 Å². The minimum Gasteiger partial charge on any atom is -0.371 e. The molecule has 9 rings (SSSR count). The summed E-state index contributed by atoms with van der Waals surface area (Å²) in [6.07, 6.45) is 6.78. The fourth-order valence-electron chi connectivity index (χ4n) is 9.89. The molecule has 0 aliphatic carbocycles. The van der Waals surface area contributed by atoms with E-state index < -0.39 is 35.6 Å². The van der Waals surface area contributed by atoms with Crippen LogP contribution in [0.4, 0.5) is 27.8 Å². The summed E-state index contributed by atoms with van der Waals surface area (Å²) in [5, 5.41) is 5.54. The Morgan fingerprint density at radius 1 is 0.850 bits per heavy atom. The Kier molecular flexibility index (Phi) is 10.6. The number of carbonyl (C=O) groups excluding carboxylic acids is 6. The monoisotopic (exact) mass is 817 g/mol. The number of fused-ring (bicyclic) bond motifs is 1. The molecule has 7 amide bonds. The molecule has 5 saturated heterocycles. The van der Waals surface area contributed by atoms with Gasteiger partial charge in [-0.15, -0.1) is 0 Å². The molecular formula is C43H51N11O6. The lowest BCUT2D eigenvalue weighted by atomic mass is 9.89. The van der Waals surface area contributed by atoms with Crippen LogP contribution in [0.5, 0.6) is 0 Å². The third-order valence-electron chi connectivity index (χ3n) is 13.2. The molecule has 4 N–H and O–H groups in total. The molecule has 6 aliphatic rings. The number of amides is 7. The van der Waals surface area contributed by atoms with Gasteiger partial charge in [0.25, 0.3) is 17.7 Å². The minimum atomic E-state index is -0.977. The molecule has 0 radical (unpaired) electrons. The molecule has 314 valence electrons. The standard InChI is InChI=1S/C43H51N11O6/c1-49-19-20-53(43(49)60)31-3-2-15-52(25-31)35-22-45-37(38(44)56)39(47-35)46-29-6-4-27(5-7-29)28-13-16-50(17-14-28)23-26-12-18-51(24-26)30-8-9-32-33(21-30)42(59)54(41(32)58)34-10-11-36(55)48-40(34)57/h4-9,21-22,26,28,31,34H,2-3,10-20,23-25H2,1H3,(H2,44,56)(H,46,47)(H,48,55,57). The van der Waals surface area contributed by atoms with Gasteiger partial charge in [0, 0.05) is 70.7 Å². The van der Waals surface area contributed by atoms with Crippen molar-refractivity contribution in [3.63, 3.8) is 0 Å². The summed E-state index contributed by atoms with van der Waals surface area (Å²) in [4.78, 5) is 96.6. The fourth-order valence-corrected chi connectivity index (χ4v) is 9.89. The number of nitrogens with zero attached hydrogens (tertiary/aromatic N) is 8. The number of anilines is 4. The molecule has 2 aromatic carbocycles. The van der Waals surface area contributed by atoms with Crippen LogP contribution in [0.3, 0.4) is 0 Å². The first-order chi connectivity index (χ1) is 29.0. The van der Waals surface area contributed by atoms with Crippen LogP contribution in [0.25, 0.3) is 0 Å². The van der Waals surface area contributed by atoms with Gasteiger partial charge < -0.3 is 35.6 Å². The highest BCUT2D eigenvalue weighted by Crippen LogP contribution is 2.35. The molecule has 0 saturated carbocycles. The summed E-state index contributed by atoms with van der Waals surface area (Å²) in [6, 6.07) is 12.8. The molecule has 0 spiro atoms.